The molecular formula is C20H26ClN3O. The van der Waals surface area contributed by atoms with E-state index in [9.17, 15) is 4.79 Å². The molecule has 2 N–H and O–H groups in total. The van der Waals surface area contributed by atoms with Gasteiger partial charge in [0, 0.05) is 13.1 Å². The number of carbonyl (C=O) groups excluding carboxylic acids is 1. The fourth-order valence-electron chi connectivity index (χ4n) is 3.24. The molecular weight excluding hydrogens is 334 g/mol. The summed E-state index contributed by atoms with van der Waals surface area (Å²) in [6, 6.07) is 12.2. The van der Waals surface area contributed by atoms with Crippen LogP contribution in [0, 0.1) is 12.8 Å². The van der Waals surface area contributed by atoms with Gasteiger partial charge in [-0.25, -0.2) is 4.98 Å². The Bertz CT molecular complexity index is 677. The maximum absolute atomic E-state index is 12.5. The molecule has 0 bridgehead atoms. The highest BCUT2D eigenvalue weighted by Gasteiger charge is 2.24. The summed E-state index contributed by atoms with van der Waals surface area (Å²) in [5.41, 5.74) is 9.41. The number of rotatable bonds is 4. The molecule has 134 valence electrons. The fourth-order valence-corrected chi connectivity index (χ4v) is 3.24. The average molecular weight is 360 g/mol. The van der Waals surface area contributed by atoms with E-state index in [1.807, 2.05) is 4.90 Å². The number of aryl methyl sites for hydroxylation is 2. The van der Waals surface area contributed by atoms with Crippen LogP contribution in [0.1, 0.15) is 40.9 Å². The minimum Gasteiger partial charge on any atom is -0.397 e. The van der Waals surface area contributed by atoms with Gasteiger partial charge in [0.15, 0.2) is 0 Å². The largest absolute Gasteiger partial charge is 0.397 e. The zero-order chi connectivity index (χ0) is 16.9. The standard InChI is InChI=1S/C20H25N3O.ClH/c1-15-2-4-16(5-3-15)6-7-17-10-12-23(13-11-17)20(24)19-9-8-18(21)14-22-19;/h2-5,8-9,14,17H,6-7,10-13,21H2,1H3;1H. The minimum absolute atomic E-state index is 0. The van der Waals surface area contributed by atoms with Gasteiger partial charge in [-0.15, -0.1) is 12.4 Å². The van der Waals surface area contributed by atoms with E-state index in [0.717, 1.165) is 32.4 Å². The molecule has 0 radical (unpaired) electrons. The number of aromatic nitrogens is 1. The lowest BCUT2D eigenvalue weighted by Gasteiger charge is -2.32. The van der Waals surface area contributed by atoms with Crippen LogP contribution in [0.2, 0.25) is 0 Å². The molecule has 1 aliphatic rings. The Morgan fingerprint density at radius 1 is 1.16 bits per heavy atom. The SMILES string of the molecule is Cc1ccc(CCC2CCN(C(=O)c3ccc(N)cn3)CC2)cc1.Cl. The van der Waals surface area contributed by atoms with Gasteiger partial charge in [-0.05, 0) is 56.2 Å². The van der Waals surface area contributed by atoms with Crippen molar-refractivity contribution in [2.75, 3.05) is 18.8 Å². The van der Waals surface area contributed by atoms with Crippen molar-refractivity contribution in [2.24, 2.45) is 5.92 Å². The number of piperidine rings is 1. The van der Waals surface area contributed by atoms with E-state index in [4.69, 9.17) is 5.73 Å². The lowest BCUT2D eigenvalue weighted by molar-refractivity contribution is 0.0681. The van der Waals surface area contributed by atoms with Gasteiger partial charge in [-0.1, -0.05) is 29.8 Å². The Morgan fingerprint density at radius 3 is 2.44 bits per heavy atom. The number of anilines is 1. The Kier molecular flexibility index (Phi) is 6.82. The first-order valence-corrected chi connectivity index (χ1v) is 8.68. The molecule has 0 spiro atoms. The Balaban J connectivity index is 0.00000225. The van der Waals surface area contributed by atoms with Crippen molar-refractivity contribution in [3.8, 4) is 0 Å². The Morgan fingerprint density at radius 2 is 1.84 bits per heavy atom. The molecule has 1 saturated heterocycles. The van der Waals surface area contributed by atoms with Gasteiger partial charge >= 0.3 is 0 Å². The number of likely N-dealkylation sites (tertiary alicyclic amines) is 1. The van der Waals surface area contributed by atoms with Gasteiger partial charge in [0.1, 0.15) is 5.69 Å². The molecule has 1 amide bonds. The summed E-state index contributed by atoms with van der Waals surface area (Å²) in [6.07, 6.45) is 6.02. The fraction of sp³-hybridized carbons (Fsp3) is 0.400. The predicted molar refractivity (Wildman–Crippen MR) is 104 cm³/mol. The summed E-state index contributed by atoms with van der Waals surface area (Å²) in [4.78, 5) is 18.5. The average Bonchev–Trinajstić information content (AvgIpc) is 2.62. The summed E-state index contributed by atoms with van der Waals surface area (Å²) in [5, 5.41) is 0. The summed E-state index contributed by atoms with van der Waals surface area (Å²) >= 11 is 0. The number of amides is 1. The van der Waals surface area contributed by atoms with Crippen LogP contribution in [0.4, 0.5) is 5.69 Å². The summed E-state index contributed by atoms with van der Waals surface area (Å²) in [5.74, 6) is 0.724. The van der Waals surface area contributed by atoms with Gasteiger partial charge in [0.2, 0.25) is 0 Å². The van der Waals surface area contributed by atoms with E-state index >= 15 is 0 Å². The topological polar surface area (TPSA) is 59.2 Å². The zero-order valence-electron chi connectivity index (χ0n) is 14.6. The molecule has 0 unspecified atom stereocenters. The number of nitrogens with two attached hydrogens (primary N) is 1. The van der Waals surface area contributed by atoms with Crippen molar-refractivity contribution in [3.05, 3.63) is 59.4 Å². The molecule has 2 heterocycles. The molecule has 1 fully saturated rings. The van der Waals surface area contributed by atoms with E-state index in [1.54, 1.807) is 18.3 Å². The van der Waals surface area contributed by atoms with Crippen molar-refractivity contribution in [1.29, 1.82) is 0 Å². The number of pyridine rings is 1. The van der Waals surface area contributed by atoms with Gasteiger partial charge in [0.05, 0.1) is 11.9 Å². The molecule has 0 atom stereocenters. The molecule has 1 aliphatic heterocycles. The predicted octanol–water partition coefficient (Wildman–Crippen LogP) is 3.88. The second-order valence-electron chi connectivity index (χ2n) is 6.74. The molecule has 2 aromatic rings. The molecule has 5 heteroatoms. The van der Waals surface area contributed by atoms with Crippen molar-refractivity contribution >= 4 is 24.0 Å². The molecule has 1 aromatic heterocycles. The number of carbonyl (C=O) groups is 1. The normalized spacial score (nSPS) is 14.8. The third-order valence-electron chi connectivity index (χ3n) is 4.87. The van der Waals surface area contributed by atoms with Crippen LogP contribution in [0.15, 0.2) is 42.6 Å². The Hall–Kier alpha value is -2.07. The third kappa shape index (κ3) is 5.20. The number of benzene rings is 1. The van der Waals surface area contributed by atoms with Gasteiger partial charge < -0.3 is 10.6 Å². The highest BCUT2D eigenvalue weighted by atomic mass is 35.5. The zero-order valence-corrected chi connectivity index (χ0v) is 15.5. The summed E-state index contributed by atoms with van der Waals surface area (Å²) in [6.45, 7) is 3.76. The smallest absolute Gasteiger partial charge is 0.272 e. The second-order valence-corrected chi connectivity index (χ2v) is 6.74. The van der Waals surface area contributed by atoms with Gasteiger partial charge in [-0.3, -0.25) is 4.79 Å². The number of nitrogen functional groups attached to an aromatic ring is 1. The highest BCUT2D eigenvalue weighted by molar-refractivity contribution is 5.92. The number of nitrogens with zero attached hydrogens (tertiary/aromatic N) is 2. The lowest BCUT2D eigenvalue weighted by Crippen LogP contribution is -2.38. The highest BCUT2D eigenvalue weighted by Crippen LogP contribution is 2.23. The monoisotopic (exact) mass is 359 g/mol. The first-order chi connectivity index (χ1) is 11.6. The van der Waals surface area contributed by atoms with Crippen molar-refractivity contribution in [2.45, 2.75) is 32.6 Å². The second kappa shape index (κ2) is 8.86. The first-order valence-electron chi connectivity index (χ1n) is 8.68. The molecule has 25 heavy (non-hydrogen) atoms. The van der Waals surface area contributed by atoms with Crippen LogP contribution in [-0.4, -0.2) is 28.9 Å². The van der Waals surface area contributed by atoms with Crippen LogP contribution in [-0.2, 0) is 6.42 Å². The van der Waals surface area contributed by atoms with Crippen molar-refractivity contribution in [1.82, 2.24) is 9.88 Å². The molecule has 1 aromatic carbocycles. The first kappa shape index (κ1) is 19.3. The van der Waals surface area contributed by atoms with Crippen LogP contribution in [0.5, 0.6) is 0 Å². The number of hydrogen-bond acceptors (Lipinski definition) is 3. The van der Waals surface area contributed by atoms with Gasteiger partial charge in [-0.2, -0.15) is 0 Å². The van der Waals surface area contributed by atoms with Crippen LogP contribution in [0.25, 0.3) is 0 Å². The minimum atomic E-state index is 0. The molecule has 3 rings (SSSR count). The third-order valence-corrected chi connectivity index (χ3v) is 4.87. The van der Waals surface area contributed by atoms with E-state index in [1.165, 1.54) is 17.5 Å². The van der Waals surface area contributed by atoms with Crippen LogP contribution < -0.4 is 5.73 Å². The molecule has 4 nitrogen and oxygen atoms in total. The Labute approximate surface area is 155 Å². The molecule has 0 aliphatic carbocycles. The van der Waals surface area contributed by atoms with E-state index in [2.05, 4.69) is 36.2 Å². The maximum atomic E-state index is 12.5. The van der Waals surface area contributed by atoms with Crippen molar-refractivity contribution < 1.29 is 4.79 Å². The number of halogens is 1. The van der Waals surface area contributed by atoms with E-state index in [-0.39, 0.29) is 18.3 Å². The van der Waals surface area contributed by atoms with E-state index in [0.29, 0.717) is 17.3 Å². The van der Waals surface area contributed by atoms with Crippen molar-refractivity contribution in [3.63, 3.8) is 0 Å². The molecule has 0 saturated carbocycles. The van der Waals surface area contributed by atoms with Crippen LogP contribution in [0.3, 0.4) is 0 Å². The van der Waals surface area contributed by atoms with Gasteiger partial charge in [0.25, 0.3) is 5.91 Å². The lowest BCUT2D eigenvalue weighted by atomic mass is 9.90. The summed E-state index contributed by atoms with van der Waals surface area (Å²) < 4.78 is 0. The number of hydrogen-bond donors (Lipinski definition) is 1. The summed E-state index contributed by atoms with van der Waals surface area (Å²) in [7, 11) is 0. The van der Waals surface area contributed by atoms with E-state index < -0.39 is 0 Å². The quantitative estimate of drug-likeness (QED) is 0.901. The van der Waals surface area contributed by atoms with Crippen LogP contribution >= 0.6 is 12.4 Å². The maximum Gasteiger partial charge on any atom is 0.272 e.